The van der Waals surface area contributed by atoms with Gasteiger partial charge in [0.2, 0.25) is 0 Å². The summed E-state index contributed by atoms with van der Waals surface area (Å²) in [5.41, 5.74) is 5.30. The first-order valence-corrected chi connectivity index (χ1v) is 15.9. The molecule has 6 rings (SSSR count). The van der Waals surface area contributed by atoms with E-state index in [0.29, 0.717) is 38.9 Å². The van der Waals surface area contributed by atoms with Crippen molar-refractivity contribution in [1.82, 2.24) is 4.57 Å². The second-order valence-corrected chi connectivity index (χ2v) is 12.1. The minimum Gasteiger partial charge on any atom is -0.489 e. The molecule has 7 heteroatoms. The van der Waals surface area contributed by atoms with E-state index in [9.17, 15) is 9.59 Å². The number of hydrogen-bond acceptors (Lipinski definition) is 6. The van der Waals surface area contributed by atoms with Gasteiger partial charge in [-0.15, -0.1) is 0 Å². The third kappa shape index (κ3) is 6.44. The van der Waals surface area contributed by atoms with Crippen molar-refractivity contribution in [2.24, 2.45) is 4.99 Å². The molecule has 2 heterocycles. The molecule has 4 aromatic carbocycles. The van der Waals surface area contributed by atoms with E-state index in [1.807, 2.05) is 103 Å². The molecule has 0 saturated carbocycles. The molecule has 0 N–H and O–H groups in total. The van der Waals surface area contributed by atoms with Crippen molar-refractivity contribution in [2.45, 2.75) is 39.3 Å². The van der Waals surface area contributed by atoms with E-state index in [0.717, 1.165) is 22.3 Å². The van der Waals surface area contributed by atoms with E-state index in [1.165, 1.54) is 16.9 Å². The summed E-state index contributed by atoms with van der Waals surface area (Å²) in [5.74, 6) is 0.559. The normalized spacial score (nSPS) is 14.7. The van der Waals surface area contributed by atoms with Gasteiger partial charge in [-0.1, -0.05) is 122 Å². The second kappa shape index (κ2) is 13.3. The van der Waals surface area contributed by atoms with Crippen molar-refractivity contribution in [3.05, 3.63) is 162 Å². The van der Waals surface area contributed by atoms with Crippen LogP contribution in [0.4, 0.5) is 0 Å². The second-order valence-electron chi connectivity index (χ2n) is 11.1. The van der Waals surface area contributed by atoms with Gasteiger partial charge >= 0.3 is 5.97 Å². The fraction of sp³-hybridized carbons (Fsp3) is 0.184. The highest BCUT2D eigenvalue weighted by Gasteiger charge is 2.35. The van der Waals surface area contributed by atoms with Crippen molar-refractivity contribution < 1.29 is 14.3 Å². The monoisotopic (exact) mass is 614 g/mol. The lowest BCUT2D eigenvalue weighted by Crippen LogP contribution is -2.40. The van der Waals surface area contributed by atoms with Crippen LogP contribution in [-0.4, -0.2) is 17.1 Å². The number of ether oxygens (including phenoxy) is 2. The first-order chi connectivity index (χ1) is 21.9. The Morgan fingerprint density at radius 3 is 2.33 bits per heavy atom. The van der Waals surface area contributed by atoms with E-state index in [1.54, 1.807) is 11.5 Å². The smallest absolute Gasteiger partial charge is 0.338 e. The van der Waals surface area contributed by atoms with E-state index in [4.69, 9.17) is 14.5 Å². The summed E-state index contributed by atoms with van der Waals surface area (Å²) in [4.78, 5) is 33.4. The molecule has 1 aromatic heterocycles. The number of benzene rings is 4. The van der Waals surface area contributed by atoms with E-state index >= 15 is 0 Å². The van der Waals surface area contributed by atoms with Crippen LogP contribution in [0.1, 0.15) is 60.5 Å². The number of hydrogen-bond donors (Lipinski definition) is 0. The molecule has 0 saturated heterocycles. The maximum Gasteiger partial charge on any atom is 0.338 e. The number of nitrogens with zero attached hydrogens (tertiary/aromatic N) is 2. The van der Waals surface area contributed by atoms with Gasteiger partial charge in [-0.25, -0.2) is 9.79 Å². The van der Waals surface area contributed by atoms with Crippen molar-refractivity contribution in [3.8, 4) is 5.75 Å². The highest BCUT2D eigenvalue weighted by atomic mass is 32.1. The fourth-order valence-electron chi connectivity index (χ4n) is 5.41. The van der Waals surface area contributed by atoms with Crippen molar-refractivity contribution in [2.75, 3.05) is 6.61 Å². The third-order valence-electron chi connectivity index (χ3n) is 7.70. The Hall–Kier alpha value is -5.01. The minimum absolute atomic E-state index is 0.205. The van der Waals surface area contributed by atoms with Crippen LogP contribution in [0.2, 0.25) is 0 Å². The van der Waals surface area contributed by atoms with Crippen molar-refractivity contribution >= 4 is 29.1 Å². The van der Waals surface area contributed by atoms with E-state index in [2.05, 4.69) is 26.0 Å². The van der Waals surface area contributed by atoms with Crippen molar-refractivity contribution in [3.63, 3.8) is 0 Å². The van der Waals surface area contributed by atoms with Crippen LogP contribution in [-0.2, 0) is 16.1 Å². The Kier molecular flexibility index (Phi) is 8.89. The summed E-state index contributed by atoms with van der Waals surface area (Å²) in [6, 6.07) is 34.6. The van der Waals surface area contributed by atoms with Gasteiger partial charge in [0.05, 0.1) is 28.5 Å². The minimum atomic E-state index is -0.709. The van der Waals surface area contributed by atoms with Crippen molar-refractivity contribution in [1.29, 1.82) is 0 Å². The average molecular weight is 615 g/mol. The number of carbonyl (C=O) groups excluding carboxylic acids is 1. The van der Waals surface area contributed by atoms with Gasteiger partial charge in [-0.2, -0.15) is 0 Å². The van der Waals surface area contributed by atoms with E-state index in [-0.39, 0.29) is 12.2 Å². The summed E-state index contributed by atoms with van der Waals surface area (Å²) in [7, 11) is 0. The third-order valence-corrected chi connectivity index (χ3v) is 8.68. The molecule has 0 radical (unpaired) electrons. The maximum atomic E-state index is 14.2. The molecule has 0 aliphatic carbocycles. The van der Waals surface area contributed by atoms with E-state index < -0.39 is 12.0 Å². The van der Waals surface area contributed by atoms with Gasteiger partial charge in [0.1, 0.15) is 12.4 Å². The molecule has 6 nitrogen and oxygen atoms in total. The van der Waals surface area contributed by atoms with Gasteiger partial charge in [0.15, 0.2) is 4.80 Å². The Morgan fingerprint density at radius 2 is 1.64 bits per heavy atom. The van der Waals surface area contributed by atoms with Gasteiger partial charge in [-0.05, 0) is 53.3 Å². The summed E-state index contributed by atoms with van der Waals surface area (Å²) < 4.78 is 13.8. The predicted octanol–water partition coefficient (Wildman–Crippen LogP) is 6.64. The molecule has 45 heavy (non-hydrogen) atoms. The Morgan fingerprint density at radius 1 is 0.933 bits per heavy atom. The number of carbonyl (C=O) groups is 1. The molecule has 1 aliphatic heterocycles. The molecular weight excluding hydrogens is 580 g/mol. The molecule has 0 spiro atoms. The molecule has 1 atom stereocenters. The van der Waals surface area contributed by atoms with Gasteiger partial charge < -0.3 is 9.47 Å². The Balaban J connectivity index is 1.49. The van der Waals surface area contributed by atoms with Crippen LogP contribution >= 0.6 is 11.3 Å². The van der Waals surface area contributed by atoms with Crippen LogP contribution in [0.25, 0.3) is 11.8 Å². The quantitative estimate of drug-likeness (QED) is 0.175. The first-order valence-electron chi connectivity index (χ1n) is 15.1. The lowest BCUT2D eigenvalue weighted by Gasteiger charge is -2.26. The van der Waals surface area contributed by atoms with Crippen LogP contribution in [0.3, 0.4) is 0 Å². The fourth-order valence-corrected chi connectivity index (χ4v) is 6.41. The molecule has 0 bridgehead atoms. The van der Waals surface area contributed by atoms with Crippen LogP contribution < -0.4 is 19.6 Å². The number of thiazole rings is 1. The predicted molar refractivity (Wildman–Crippen MR) is 179 cm³/mol. The summed E-state index contributed by atoms with van der Waals surface area (Å²) in [5, 5.41) is 0. The lowest BCUT2D eigenvalue weighted by atomic mass is 9.91. The number of esters is 1. The molecule has 1 aliphatic rings. The largest absolute Gasteiger partial charge is 0.489 e. The van der Waals surface area contributed by atoms with Crippen LogP contribution in [0, 0.1) is 0 Å². The molecule has 226 valence electrons. The van der Waals surface area contributed by atoms with Gasteiger partial charge in [-0.3, -0.25) is 9.36 Å². The standard InChI is InChI=1S/C38H34N2O4S/c1-4-43-37(42)33-34(29-15-9-6-10-16-29)39-38-40(35(33)30-20-18-28(19-21-30)25(2)3)36(41)32(45-38)23-27-14-11-17-31(22-27)44-24-26-12-7-5-8-13-26/h5-23,25,35H,4,24H2,1-3H3/b32-23+/t35-/m0/s1. The maximum absolute atomic E-state index is 14.2. The zero-order chi connectivity index (χ0) is 31.3. The molecule has 5 aromatic rings. The summed E-state index contributed by atoms with van der Waals surface area (Å²) in [6.07, 6.45) is 1.86. The van der Waals surface area contributed by atoms with Gasteiger partial charge in [0.25, 0.3) is 5.56 Å². The molecule has 0 fully saturated rings. The summed E-state index contributed by atoms with van der Waals surface area (Å²) >= 11 is 1.31. The van der Waals surface area contributed by atoms with Gasteiger partial charge in [0, 0.05) is 5.56 Å². The molecule has 0 amide bonds. The molecular formula is C38H34N2O4S. The number of fused-ring (bicyclic) bond motifs is 1. The Labute approximate surface area is 266 Å². The zero-order valence-corrected chi connectivity index (χ0v) is 26.3. The molecule has 0 unspecified atom stereocenters. The zero-order valence-electron chi connectivity index (χ0n) is 25.5. The highest BCUT2D eigenvalue weighted by molar-refractivity contribution is 7.07. The Bertz CT molecular complexity index is 2030. The van der Waals surface area contributed by atoms with Crippen LogP contribution in [0.5, 0.6) is 5.75 Å². The topological polar surface area (TPSA) is 69.9 Å². The number of aromatic nitrogens is 1. The first kappa shape index (κ1) is 30.0. The lowest BCUT2D eigenvalue weighted by molar-refractivity contribution is -0.138. The number of rotatable bonds is 9. The average Bonchev–Trinajstić information content (AvgIpc) is 3.38. The highest BCUT2D eigenvalue weighted by Crippen LogP contribution is 2.35. The summed E-state index contributed by atoms with van der Waals surface area (Å²) in [6.45, 7) is 6.70. The SMILES string of the molecule is CCOC(=O)C1=C(c2ccccc2)N=c2s/c(=C/c3cccc(OCc4ccccc4)c3)c(=O)n2[C@H]1c1ccc(C(C)C)cc1. The van der Waals surface area contributed by atoms with Crippen LogP contribution in [0.15, 0.2) is 125 Å².